The molecule has 0 bridgehead atoms. The van der Waals surface area contributed by atoms with Crippen LogP contribution in [0.2, 0.25) is 0 Å². The second kappa shape index (κ2) is 5.10. The van der Waals surface area contributed by atoms with Crippen molar-refractivity contribution in [3.8, 4) is 5.82 Å². The zero-order valence-corrected chi connectivity index (χ0v) is 10.6. The first-order valence-electron chi connectivity index (χ1n) is 5.89. The number of hydrogen-bond acceptors (Lipinski definition) is 3. The molecule has 0 fully saturated rings. The zero-order chi connectivity index (χ0) is 12.3. The highest BCUT2D eigenvalue weighted by molar-refractivity contribution is 5.36. The van der Waals surface area contributed by atoms with Crippen molar-refractivity contribution in [2.24, 2.45) is 0 Å². The molecule has 90 valence electrons. The molecule has 2 rings (SSSR count). The van der Waals surface area contributed by atoms with Crippen LogP contribution in [0.4, 0.5) is 0 Å². The van der Waals surface area contributed by atoms with Crippen LogP contribution >= 0.6 is 0 Å². The average molecular weight is 230 g/mol. The molecular formula is C13H18N4. The maximum absolute atomic E-state index is 4.53. The van der Waals surface area contributed by atoms with Gasteiger partial charge < -0.3 is 5.32 Å². The van der Waals surface area contributed by atoms with E-state index in [4.69, 9.17) is 0 Å². The summed E-state index contributed by atoms with van der Waals surface area (Å²) in [6.07, 6.45) is 6.61. The molecular weight excluding hydrogens is 212 g/mol. The van der Waals surface area contributed by atoms with Gasteiger partial charge in [-0.3, -0.25) is 4.57 Å². The van der Waals surface area contributed by atoms with Crippen molar-refractivity contribution >= 4 is 0 Å². The monoisotopic (exact) mass is 230 g/mol. The SMILES string of the molecule is CCc1nccn1-c1ncc(CNC)cc1C. The fraction of sp³-hybridized carbons (Fsp3) is 0.385. The summed E-state index contributed by atoms with van der Waals surface area (Å²) < 4.78 is 2.05. The van der Waals surface area contributed by atoms with Gasteiger partial charge in [-0.05, 0) is 31.2 Å². The Morgan fingerprint density at radius 3 is 2.82 bits per heavy atom. The van der Waals surface area contributed by atoms with Gasteiger partial charge in [0, 0.05) is 31.6 Å². The fourth-order valence-electron chi connectivity index (χ4n) is 1.97. The lowest BCUT2D eigenvalue weighted by Gasteiger charge is -2.10. The van der Waals surface area contributed by atoms with Crippen LogP contribution in [-0.2, 0) is 13.0 Å². The maximum atomic E-state index is 4.53. The van der Waals surface area contributed by atoms with Crippen molar-refractivity contribution in [2.45, 2.75) is 26.8 Å². The van der Waals surface area contributed by atoms with Crippen molar-refractivity contribution in [2.75, 3.05) is 7.05 Å². The molecule has 2 aromatic rings. The molecule has 0 unspecified atom stereocenters. The number of imidazole rings is 1. The van der Waals surface area contributed by atoms with Crippen LogP contribution in [0.3, 0.4) is 0 Å². The third-order valence-corrected chi connectivity index (χ3v) is 2.75. The fourth-order valence-corrected chi connectivity index (χ4v) is 1.97. The van der Waals surface area contributed by atoms with Gasteiger partial charge >= 0.3 is 0 Å². The molecule has 0 atom stereocenters. The van der Waals surface area contributed by atoms with Crippen molar-refractivity contribution in [1.29, 1.82) is 0 Å². The van der Waals surface area contributed by atoms with Crippen molar-refractivity contribution in [3.05, 3.63) is 41.6 Å². The lowest BCUT2D eigenvalue weighted by Crippen LogP contribution is -2.08. The van der Waals surface area contributed by atoms with Crippen LogP contribution in [-0.4, -0.2) is 21.6 Å². The number of aromatic nitrogens is 3. The van der Waals surface area contributed by atoms with Gasteiger partial charge in [0.2, 0.25) is 0 Å². The first kappa shape index (κ1) is 11.8. The van der Waals surface area contributed by atoms with E-state index in [-0.39, 0.29) is 0 Å². The second-order valence-electron chi connectivity index (χ2n) is 4.08. The standard InChI is InChI=1S/C13H18N4/c1-4-12-15-5-6-17(12)13-10(2)7-11(8-14-3)9-16-13/h5-7,9,14H,4,8H2,1-3H3. The van der Waals surface area contributed by atoms with E-state index in [1.165, 1.54) is 11.1 Å². The molecule has 0 spiro atoms. The van der Waals surface area contributed by atoms with Gasteiger partial charge in [0.25, 0.3) is 0 Å². The molecule has 4 heteroatoms. The van der Waals surface area contributed by atoms with Crippen LogP contribution in [0, 0.1) is 6.92 Å². The minimum Gasteiger partial charge on any atom is -0.316 e. The van der Waals surface area contributed by atoms with Gasteiger partial charge in [-0.25, -0.2) is 9.97 Å². The second-order valence-corrected chi connectivity index (χ2v) is 4.08. The van der Waals surface area contributed by atoms with Gasteiger partial charge in [0.15, 0.2) is 0 Å². The summed E-state index contributed by atoms with van der Waals surface area (Å²) in [6.45, 7) is 5.03. The lowest BCUT2D eigenvalue weighted by atomic mass is 10.2. The number of aryl methyl sites for hydroxylation is 2. The van der Waals surface area contributed by atoms with Crippen LogP contribution in [0.5, 0.6) is 0 Å². The van der Waals surface area contributed by atoms with Gasteiger partial charge in [0.05, 0.1) is 0 Å². The Kier molecular flexibility index (Phi) is 3.54. The quantitative estimate of drug-likeness (QED) is 0.871. The van der Waals surface area contributed by atoms with E-state index in [1.807, 2.05) is 25.6 Å². The summed E-state index contributed by atoms with van der Waals surface area (Å²) in [7, 11) is 1.94. The first-order chi connectivity index (χ1) is 8.26. The van der Waals surface area contributed by atoms with E-state index in [2.05, 4.69) is 39.8 Å². The van der Waals surface area contributed by atoms with Gasteiger partial charge in [-0.15, -0.1) is 0 Å². The van der Waals surface area contributed by atoms with Gasteiger partial charge in [-0.2, -0.15) is 0 Å². The van der Waals surface area contributed by atoms with Crippen molar-refractivity contribution in [3.63, 3.8) is 0 Å². The molecule has 17 heavy (non-hydrogen) atoms. The molecule has 0 aliphatic heterocycles. The van der Waals surface area contributed by atoms with Gasteiger partial charge in [-0.1, -0.05) is 6.92 Å². The molecule has 0 aliphatic carbocycles. The molecule has 1 N–H and O–H groups in total. The van der Waals surface area contributed by atoms with Crippen molar-refractivity contribution in [1.82, 2.24) is 19.9 Å². The topological polar surface area (TPSA) is 42.7 Å². The molecule has 0 saturated heterocycles. The minimum absolute atomic E-state index is 0.846. The van der Waals surface area contributed by atoms with E-state index in [1.54, 1.807) is 0 Å². The molecule has 0 saturated carbocycles. The summed E-state index contributed by atoms with van der Waals surface area (Å²) in [6, 6.07) is 2.16. The van der Waals surface area contributed by atoms with Crippen molar-refractivity contribution < 1.29 is 0 Å². The third kappa shape index (κ3) is 2.36. The summed E-state index contributed by atoms with van der Waals surface area (Å²) in [5.74, 6) is 2.01. The third-order valence-electron chi connectivity index (χ3n) is 2.75. The number of rotatable bonds is 4. The highest BCUT2D eigenvalue weighted by atomic mass is 15.1. The average Bonchev–Trinajstić information content (AvgIpc) is 2.77. The molecule has 0 amide bonds. The predicted octanol–water partition coefficient (Wildman–Crippen LogP) is 1.86. The van der Waals surface area contributed by atoms with E-state index < -0.39 is 0 Å². The molecule has 4 nitrogen and oxygen atoms in total. The van der Waals surface area contributed by atoms with Crippen LogP contribution in [0.15, 0.2) is 24.7 Å². The summed E-state index contributed by atoms with van der Waals surface area (Å²) >= 11 is 0. The smallest absolute Gasteiger partial charge is 0.140 e. The molecule has 0 aromatic carbocycles. The summed E-state index contributed by atoms with van der Waals surface area (Å²) in [5.41, 5.74) is 2.37. The Balaban J connectivity index is 2.39. The van der Waals surface area contributed by atoms with Crippen LogP contribution < -0.4 is 5.32 Å². The molecule has 0 radical (unpaired) electrons. The highest BCUT2D eigenvalue weighted by Gasteiger charge is 2.07. The van der Waals surface area contributed by atoms with Crippen LogP contribution in [0.25, 0.3) is 5.82 Å². The van der Waals surface area contributed by atoms with E-state index in [0.717, 1.165) is 24.6 Å². The van der Waals surface area contributed by atoms with Gasteiger partial charge in [0.1, 0.15) is 11.6 Å². The Morgan fingerprint density at radius 2 is 2.18 bits per heavy atom. The lowest BCUT2D eigenvalue weighted by molar-refractivity contribution is 0.803. The Labute approximate surface area is 102 Å². The van der Waals surface area contributed by atoms with E-state index in [0.29, 0.717) is 0 Å². The van der Waals surface area contributed by atoms with E-state index >= 15 is 0 Å². The number of nitrogens with one attached hydrogen (secondary N) is 1. The number of pyridine rings is 1. The minimum atomic E-state index is 0.846. The largest absolute Gasteiger partial charge is 0.316 e. The highest BCUT2D eigenvalue weighted by Crippen LogP contribution is 2.14. The van der Waals surface area contributed by atoms with Crippen LogP contribution in [0.1, 0.15) is 23.9 Å². The van der Waals surface area contributed by atoms with E-state index in [9.17, 15) is 0 Å². The zero-order valence-electron chi connectivity index (χ0n) is 10.6. The number of hydrogen-bond donors (Lipinski definition) is 1. The maximum Gasteiger partial charge on any atom is 0.140 e. The summed E-state index contributed by atoms with van der Waals surface area (Å²) in [4.78, 5) is 8.85. The first-order valence-corrected chi connectivity index (χ1v) is 5.89. The Bertz CT molecular complexity index is 502. The molecule has 2 heterocycles. The Hall–Kier alpha value is -1.68. The molecule has 2 aromatic heterocycles. The Morgan fingerprint density at radius 1 is 1.35 bits per heavy atom. The number of nitrogens with zero attached hydrogens (tertiary/aromatic N) is 3. The normalized spacial score (nSPS) is 10.8. The summed E-state index contributed by atoms with van der Waals surface area (Å²) in [5, 5.41) is 3.13. The predicted molar refractivity (Wildman–Crippen MR) is 68.2 cm³/mol. The molecule has 0 aliphatic rings.